The second kappa shape index (κ2) is 11.5. The number of anilines is 1. The minimum Gasteiger partial charge on any atom is -0.443 e. The zero-order valence-electron chi connectivity index (χ0n) is 16.2. The van der Waals surface area contributed by atoms with Gasteiger partial charge in [0.1, 0.15) is 0 Å². The highest BCUT2D eigenvalue weighted by Gasteiger charge is 2.09. The van der Waals surface area contributed by atoms with E-state index < -0.39 is 0 Å². The third-order valence-electron chi connectivity index (χ3n) is 4.98. The summed E-state index contributed by atoms with van der Waals surface area (Å²) in [6.45, 7) is 6.24. The molecule has 142 valence electrons. The van der Waals surface area contributed by atoms with Crippen LogP contribution in [0, 0.1) is 0 Å². The fourth-order valence-corrected chi connectivity index (χ4v) is 3.39. The zero-order chi connectivity index (χ0) is 18.6. The number of hydrogen-bond acceptors (Lipinski definition) is 4. The molecule has 0 spiro atoms. The Labute approximate surface area is 158 Å². The lowest BCUT2D eigenvalue weighted by molar-refractivity contribution is -0.106. The van der Waals surface area contributed by atoms with Crippen molar-refractivity contribution >= 4 is 24.5 Å². The van der Waals surface area contributed by atoms with Crippen LogP contribution < -0.4 is 4.90 Å². The molecule has 26 heavy (non-hydrogen) atoms. The lowest BCUT2D eigenvalue weighted by Gasteiger charge is -2.20. The minimum absolute atomic E-state index is 0.287. The molecule has 0 aromatic heterocycles. The predicted octanol–water partition coefficient (Wildman–Crippen LogP) is 5.23. The molecular weight excluding hydrogens is 324 g/mol. The summed E-state index contributed by atoms with van der Waals surface area (Å²) in [6, 6.07) is 8.49. The molecule has 0 unspecified atom stereocenters. The Bertz CT molecular complexity index is 581. The van der Waals surface area contributed by atoms with Crippen molar-refractivity contribution < 1.29 is 9.53 Å². The first-order valence-corrected chi connectivity index (χ1v) is 9.97. The maximum atomic E-state index is 11.3. The first kappa shape index (κ1) is 20.2. The molecule has 1 fully saturated rings. The number of nitrogens with zero attached hydrogens (tertiary/aromatic N) is 2. The smallest absolute Gasteiger partial charge is 0.185 e. The highest BCUT2D eigenvalue weighted by Crippen LogP contribution is 2.19. The second-order valence-corrected chi connectivity index (χ2v) is 6.80. The normalized spacial score (nSPS) is 16.9. The monoisotopic (exact) mass is 356 g/mol. The number of ether oxygens (including phenoxy) is 1. The van der Waals surface area contributed by atoms with Crippen molar-refractivity contribution in [3.05, 3.63) is 35.6 Å². The highest BCUT2D eigenvalue weighted by atomic mass is 16.5. The standard InChI is InChI=1S/C22H32N2O2/c1-3-24(4-2)21-14-12-19(13-15-21)16-22(17-25)26-18-23-20-10-8-6-5-7-9-11-20/h12-18,20H,3-11H2,1-2H3/b22-16+,23-18+. The summed E-state index contributed by atoms with van der Waals surface area (Å²) in [4.78, 5) is 18.1. The van der Waals surface area contributed by atoms with E-state index >= 15 is 0 Å². The van der Waals surface area contributed by atoms with Gasteiger partial charge < -0.3 is 9.64 Å². The Morgan fingerprint density at radius 2 is 1.69 bits per heavy atom. The van der Waals surface area contributed by atoms with E-state index in [0.717, 1.165) is 37.8 Å². The molecule has 1 aromatic carbocycles. The quantitative estimate of drug-likeness (QED) is 0.210. The van der Waals surface area contributed by atoms with Gasteiger partial charge in [0.2, 0.25) is 0 Å². The maximum absolute atomic E-state index is 11.3. The Hall–Kier alpha value is -2.10. The van der Waals surface area contributed by atoms with Crippen molar-refractivity contribution in [1.82, 2.24) is 0 Å². The van der Waals surface area contributed by atoms with Gasteiger partial charge in [-0.15, -0.1) is 0 Å². The van der Waals surface area contributed by atoms with Crippen molar-refractivity contribution in [1.29, 1.82) is 0 Å². The van der Waals surface area contributed by atoms with Gasteiger partial charge in [-0.3, -0.25) is 9.79 Å². The topological polar surface area (TPSA) is 41.9 Å². The van der Waals surface area contributed by atoms with Crippen molar-refractivity contribution in [2.75, 3.05) is 18.0 Å². The molecule has 1 aromatic rings. The predicted molar refractivity (Wildman–Crippen MR) is 110 cm³/mol. The van der Waals surface area contributed by atoms with Crippen molar-refractivity contribution in [3.63, 3.8) is 0 Å². The Morgan fingerprint density at radius 1 is 1.08 bits per heavy atom. The molecule has 0 saturated heterocycles. The van der Waals surface area contributed by atoms with Crippen LogP contribution in [0.3, 0.4) is 0 Å². The van der Waals surface area contributed by atoms with Gasteiger partial charge in [0.25, 0.3) is 0 Å². The largest absolute Gasteiger partial charge is 0.443 e. The van der Waals surface area contributed by atoms with E-state index in [1.807, 2.05) is 12.1 Å². The molecule has 2 rings (SSSR count). The summed E-state index contributed by atoms with van der Waals surface area (Å²) in [5.41, 5.74) is 2.13. The second-order valence-electron chi connectivity index (χ2n) is 6.80. The van der Waals surface area contributed by atoms with E-state index in [-0.39, 0.29) is 5.76 Å². The summed E-state index contributed by atoms with van der Waals surface area (Å²) in [5, 5.41) is 0. The molecule has 0 bridgehead atoms. The van der Waals surface area contributed by atoms with Crippen LogP contribution in [0.25, 0.3) is 6.08 Å². The molecular formula is C22H32N2O2. The van der Waals surface area contributed by atoms with E-state index in [0.29, 0.717) is 6.04 Å². The zero-order valence-corrected chi connectivity index (χ0v) is 16.2. The number of carbonyl (C=O) groups excluding carboxylic acids is 1. The first-order valence-electron chi connectivity index (χ1n) is 9.97. The molecule has 0 amide bonds. The van der Waals surface area contributed by atoms with Gasteiger partial charge in [-0.1, -0.05) is 44.2 Å². The van der Waals surface area contributed by atoms with Gasteiger partial charge in [-0.2, -0.15) is 0 Å². The first-order chi connectivity index (χ1) is 12.8. The van der Waals surface area contributed by atoms with Crippen molar-refractivity contribution in [2.24, 2.45) is 4.99 Å². The van der Waals surface area contributed by atoms with Gasteiger partial charge >= 0.3 is 0 Å². The number of carbonyl (C=O) groups is 1. The molecule has 0 radical (unpaired) electrons. The summed E-state index contributed by atoms with van der Waals surface area (Å²) in [5.74, 6) is 0.287. The molecule has 1 aliphatic rings. The fourth-order valence-electron chi connectivity index (χ4n) is 3.39. The van der Waals surface area contributed by atoms with Crippen LogP contribution >= 0.6 is 0 Å². The molecule has 0 N–H and O–H groups in total. The third-order valence-corrected chi connectivity index (χ3v) is 4.98. The van der Waals surface area contributed by atoms with Crippen molar-refractivity contribution in [3.8, 4) is 0 Å². The van der Waals surface area contributed by atoms with E-state index in [1.54, 1.807) is 6.08 Å². The van der Waals surface area contributed by atoms with E-state index in [9.17, 15) is 4.79 Å². The van der Waals surface area contributed by atoms with Crippen LogP contribution in [0.15, 0.2) is 35.0 Å². The van der Waals surface area contributed by atoms with Crippen molar-refractivity contribution in [2.45, 2.75) is 64.8 Å². The van der Waals surface area contributed by atoms with Crippen LogP contribution in [0.5, 0.6) is 0 Å². The number of hydrogen-bond donors (Lipinski definition) is 0. The summed E-state index contributed by atoms with van der Waals surface area (Å²) < 4.78 is 5.48. The molecule has 4 heteroatoms. The van der Waals surface area contributed by atoms with Crippen LogP contribution in [-0.2, 0) is 9.53 Å². The lowest BCUT2D eigenvalue weighted by atomic mass is 9.97. The van der Waals surface area contributed by atoms with E-state index in [4.69, 9.17) is 4.74 Å². The molecule has 1 aliphatic carbocycles. The Balaban J connectivity index is 1.94. The van der Waals surface area contributed by atoms with Gasteiger partial charge in [-0.25, -0.2) is 0 Å². The Kier molecular flexibility index (Phi) is 8.94. The lowest BCUT2D eigenvalue weighted by Crippen LogP contribution is -2.21. The summed E-state index contributed by atoms with van der Waals surface area (Å²) in [6.07, 6.45) is 12.6. The molecule has 0 atom stereocenters. The van der Waals surface area contributed by atoms with Crippen LogP contribution in [0.1, 0.15) is 64.4 Å². The van der Waals surface area contributed by atoms with E-state index in [1.165, 1.54) is 44.2 Å². The third kappa shape index (κ3) is 6.66. The molecule has 0 aliphatic heterocycles. The number of allylic oxidation sites excluding steroid dienone is 1. The van der Waals surface area contributed by atoms with Gasteiger partial charge in [0.05, 0.1) is 6.04 Å². The minimum atomic E-state index is 0.287. The summed E-state index contributed by atoms with van der Waals surface area (Å²) in [7, 11) is 0. The van der Waals surface area contributed by atoms with Gasteiger partial charge in [0.15, 0.2) is 18.4 Å². The summed E-state index contributed by atoms with van der Waals surface area (Å²) >= 11 is 0. The van der Waals surface area contributed by atoms with Crippen LogP contribution in [-0.4, -0.2) is 31.8 Å². The SMILES string of the molecule is CCN(CC)c1ccc(/C=C(\C=O)O/C=N/C2CCCCCCC2)cc1. The average molecular weight is 357 g/mol. The molecule has 0 heterocycles. The number of aliphatic imine (C=N–C) groups is 1. The van der Waals surface area contributed by atoms with Crippen LogP contribution in [0.2, 0.25) is 0 Å². The van der Waals surface area contributed by atoms with E-state index in [2.05, 4.69) is 35.9 Å². The fraction of sp³-hybridized carbons (Fsp3) is 0.545. The maximum Gasteiger partial charge on any atom is 0.185 e. The van der Waals surface area contributed by atoms with Gasteiger partial charge in [-0.05, 0) is 50.5 Å². The number of benzene rings is 1. The molecule has 1 saturated carbocycles. The van der Waals surface area contributed by atoms with Crippen LogP contribution in [0.4, 0.5) is 5.69 Å². The number of aldehydes is 1. The number of rotatable bonds is 8. The van der Waals surface area contributed by atoms with Gasteiger partial charge in [0, 0.05) is 18.8 Å². The highest BCUT2D eigenvalue weighted by molar-refractivity contribution is 5.81. The molecule has 4 nitrogen and oxygen atoms in total. The average Bonchev–Trinajstić information content (AvgIpc) is 2.64. The Morgan fingerprint density at radius 3 is 2.27 bits per heavy atom.